The Balaban J connectivity index is 1.92. The van der Waals surface area contributed by atoms with Crippen molar-refractivity contribution in [2.75, 3.05) is 0 Å². The van der Waals surface area contributed by atoms with Gasteiger partial charge in [-0.15, -0.1) is 10.2 Å². The Labute approximate surface area is 123 Å². The molecule has 0 fully saturated rings. The average molecular weight is 282 g/mol. The lowest BCUT2D eigenvalue weighted by Gasteiger charge is -2.12. The molecule has 2 aromatic carbocycles. The summed E-state index contributed by atoms with van der Waals surface area (Å²) >= 11 is 0. The number of hydrogen-bond acceptors (Lipinski definition) is 4. The zero-order valence-electron chi connectivity index (χ0n) is 12.2. The lowest BCUT2D eigenvalue weighted by Crippen LogP contribution is -2.07. The van der Waals surface area contributed by atoms with Crippen molar-refractivity contribution in [1.82, 2.24) is 14.8 Å². The minimum absolute atomic E-state index is 0.378. The van der Waals surface area contributed by atoms with Crippen LogP contribution in [0.4, 0.5) is 0 Å². The molecule has 21 heavy (non-hydrogen) atoms. The molecular weight excluding hydrogens is 264 g/mol. The van der Waals surface area contributed by atoms with Crippen molar-refractivity contribution in [2.24, 2.45) is 12.8 Å². The zero-order chi connectivity index (χ0) is 14.8. The molecule has 1 aromatic heterocycles. The van der Waals surface area contributed by atoms with Crippen LogP contribution in [0, 0.1) is 6.92 Å². The number of aromatic nitrogens is 3. The molecule has 0 unspecified atom stereocenters. The fourth-order valence-electron chi connectivity index (χ4n) is 2.38. The van der Waals surface area contributed by atoms with Gasteiger partial charge >= 0.3 is 0 Å². The summed E-state index contributed by atoms with van der Waals surface area (Å²) < 4.78 is 7.83. The van der Waals surface area contributed by atoms with Crippen molar-refractivity contribution in [3.05, 3.63) is 53.6 Å². The van der Waals surface area contributed by atoms with Crippen LogP contribution in [-0.4, -0.2) is 14.8 Å². The molecule has 0 aliphatic heterocycles. The van der Waals surface area contributed by atoms with E-state index < -0.39 is 0 Å². The SMILES string of the molecule is Cc1nnc(COc2ccc3ccccc3c2CN)n1C. The summed E-state index contributed by atoms with van der Waals surface area (Å²) in [7, 11) is 1.93. The highest BCUT2D eigenvalue weighted by Gasteiger charge is 2.10. The Bertz CT molecular complexity index is 779. The van der Waals surface area contributed by atoms with Crippen LogP contribution in [0.1, 0.15) is 17.2 Å². The number of benzene rings is 2. The summed E-state index contributed by atoms with van der Waals surface area (Å²) in [5, 5.41) is 10.4. The van der Waals surface area contributed by atoms with Gasteiger partial charge in [0.2, 0.25) is 0 Å². The second kappa shape index (κ2) is 5.54. The Morgan fingerprint density at radius 2 is 1.95 bits per heavy atom. The predicted molar refractivity (Wildman–Crippen MR) is 81.9 cm³/mol. The molecule has 0 aliphatic carbocycles. The first-order valence-corrected chi connectivity index (χ1v) is 6.89. The van der Waals surface area contributed by atoms with Gasteiger partial charge in [0.05, 0.1) is 0 Å². The zero-order valence-corrected chi connectivity index (χ0v) is 12.2. The van der Waals surface area contributed by atoms with Gasteiger partial charge in [0.1, 0.15) is 18.2 Å². The third-order valence-electron chi connectivity index (χ3n) is 3.74. The first kappa shape index (κ1) is 13.6. The normalized spacial score (nSPS) is 11.0. The fourth-order valence-corrected chi connectivity index (χ4v) is 2.38. The molecule has 0 amide bonds. The van der Waals surface area contributed by atoms with Crippen LogP contribution >= 0.6 is 0 Å². The van der Waals surface area contributed by atoms with Gasteiger partial charge in [0.15, 0.2) is 5.82 Å². The van der Waals surface area contributed by atoms with Gasteiger partial charge in [-0.05, 0) is 23.8 Å². The van der Waals surface area contributed by atoms with E-state index in [2.05, 4.69) is 22.3 Å². The van der Waals surface area contributed by atoms with Crippen LogP contribution in [0.2, 0.25) is 0 Å². The van der Waals surface area contributed by atoms with Crippen molar-refractivity contribution in [2.45, 2.75) is 20.1 Å². The second-order valence-corrected chi connectivity index (χ2v) is 4.98. The number of hydrogen-bond donors (Lipinski definition) is 1. The Kier molecular flexibility index (Phi) is 3.58. The van der Waals surface area contributed by atoms with Crippen molar-refractivity contribution in [3.8, 4) is 5.75 Å². The van der Waals surface area contributed by atoms with E-state index in [0.717, 1.165) is 28.3 Å². The Hall–Kier alpha value is -2.40. The molecule has 0 bridgehead atoms. The van der Waals surface area contributed by atoms with Crippen LogP contribution in [0.5, 0.6) is 5.75 Å². The molecule has 3 rings (SSSR count). The number of fused-ring (bicyclic) bond motifs is 1. The minimum Gasteiger partial charge on any atom is -0.485 e. The number of ether oxygens (including phenoxy) is 1. The third-order valence-corrected chi connectivity index (χ3v) is 3.74. The van der Waals surface area contributed by atoms with Crippen molar-refractivity contribution in [3.63, 3.8) is 0 Å². The second-order valence-electron chi connectivity index (χ2n) is 4.98. The summed E-state index contributed by atoms with van der Waals surface area (Å²) in [6.45, 7) is 2.73. The molecule has 3 aromatic rings. The summed E-state index contributed by atoms with van der Waals surface area (Å²) in [5.41, 5.74) is 6.93. The maximum absolute atomic E-state index is 5.91. The maximum Gasteiger partial charge on any atom is 0.170 e. The van der Waals surface area contributed by atoms with Gasteiger partial charge in [-0.25, -0.2) is 0 Å². The Morgan fingerprint density at radius 3 is 2.67 bits per heavy atom. The van der Waals surface area contributed by atoms with Crippen molar-refractivity contribution >= 4 is 10.8 Å². The van der Waals surface area contributed by atoms with Crippen LogP contribution < -0.4 is 10.5 Å². The molecule has 0 radical (unpaired) electrons. The molecule has 0 spiro atoms. The first-order valence-electron chi connectivity index (χ1n) is 6.89. The lowest BCUT2D eigenvalue weighted by atomic mass is 10.0. The van der Waals surface area contributed by atoms with E-state index in [0.29, 0.717) is 13.2 Å². The van der Waals surface area contributed by atoms with E-state index in [1.807, 2.05) is 42.8 Å². The van der Waals surface area contributed by atoms with E-state index in [4.69, 9.17) is 10.5 Å². The highest BCUT2D eigenvalue weighted by molar-refractivity contribution is 5.87. The molecule has 108 valence electrons. The topological polar surface area (TPSA) is 66.0 Å². The maximum atomic E-state index is 5.91. The molecule has 1 heterocycles. The minimum atomic E-state index is 0.378. The monoisotopic (exact) mass is 282 g/mol. The number of nitrogens with two attached hydrogens (primary N) is 1. The highest BCUT2D eigenvalue weighted by atomic mass is 16.5. The van der Waals surface area contributed by atoms with Crippen molar-refractivity contribution < 1.29 is 4.74 Å². The predicted octanol–water partition coefficient (Wildman–Crippen LogP) is 2.31. The van der Waals surface area contributed by atoms with Crippen LogP contribution in [-0.2, 0) is 20.2 Å². The fraction of sp³-hybridized carbons (Fsp3) is 0.250. The van der Waals surface area contributed by atoms with E-state index in [-0.39, 0.29) is 0 Å². The molecule has 5 nitrogen and oxygen atoms in total. The van der Waals surface area contributed by atoms with Crippen LogP contribution in [0.15, 0.2) is 36.4 Å². The molecule has 0 atom stereocenters. The molecule has 0 aliphatic rings. The van der Waals surface area contributed by atoms with E-state index >= 15 is 0 Å². The Morgan fingerprint density at radius 1 is 1.14 bits per heavy atom. The smallest absolute Gasteiger partial charge is 0.170 e. The first-order chi connectivity index (χ1) is 10.2. The quantitative estimate of drug-likeness (QED) is 0.797. The molecule has 0 saturated carbocycles. The lowest BCUT2D eigenvalue weighted by molar-refractivity contribution is 0.288. The largest absolute Gasteiger partial charge is 0.485 e. The summed E-state index contributed by atoms with van der Waals surface area (Å²) in [6.07, 6.45) is 0. The van der Waals surface area contributed by atoms with Gasteiger partial charge in [-0.3, -0.25) is 0 Å². The van der Waals surface area contributed by atoms with Gasteiger partial charge in [0, 0.05) is 19.2 Å². The van der Waals surface area contributed by atoms with E-state index in [1.54, 1.807) is 0 Å². The van der Waals surface area contributed by atoms with Crippen molar-refractivity contribution in [1.29, 1.82) is 0 Å². The number of aryl methyl sites for hydroxylation is 1. The highest BCUT2D eigenvalue weighted by Crippen LogP contribution is 2.28. The van der Waals surface area contributed by atoms with Crippen LogP contribution in [0.25, 0.3) is 10.8 Å². The summed E-state index contributed by atoms with van der Waals surface area (Å²) in [4.78, 5) is 0. The van der Waals surface area contributed by atoms with Gasteiger partial charge < -0.3 is 15.0 Å². The molecular formula is C16H18N4O. The molecule has 0 saturated heterocycles. The number of rotatable bonds is 4. The van der Waals surface area contributed by atoms with Crippen LogP contribution in [0.3, 0.4) is 0 Å². The average Bonchev–Trinajstić information content (AvgIpc) is 2.84. The van der Waals surface area contributed by atoms with Gasteiger partial charge in [-0.2, -0.15) is 0 Å². The summed E-state index contributed by atoms with van der Waals surface area (Å²) in [6, 6.07) is 12.2. The standard InChI is InChI=1S/C16H18N4O/c1-11-18-19-16(20(11)2)10-21-15-8-7-12-5-3-4-6-13(12)14(15)9-17/h3-8H,9-10,17H2,1-2H3. The van der Waals surface area contributed by atoms with Gasteiger partial charge in [0.25, 0.3) is 0 Å². The molecule has 5 heteroatoms. The van der Waals surface area contributed by atoms with Gasteiger partial charge in [-0.1, -0.05) is 30.3 Å². The van der Waals surface area contributed by atoms with E-state index in [9.17, 15) is 0 Å². The van der Waals surface area contributed by atoms with E-state index in [1.165, 1.54) is 5.39 Å². The third kappa shape index (κ3) is 2.48. The number of nitrogens with zero attached hydrogens (tertiary/aromatic N) is 3. The summed E-state index contributed by atoms with van der Waals surface area (Å²) in [5.74, 6) is 2.46. The molecule has 2 N–H and O–H groups in total.